The van der Waals surface area contributed by atoms with Gasteiger partial charge >= 0.3 is 0 Å². The Kier molecular flexibility index (Phi) is 4.54. The molecule has 1 atom stereocenters. The van der Waals surface area contributed by atoms with Crippen molar-refractivity contribution in [2.45, 2.75) is 20.0 Å². The number of aryl methyl sites for hydroxylation is 2. The van der Waals surface area contributed by atoms with Crippen molar-refractivity contribution in [2.24, 2.45) is 7.05 Å². The van der Waals surface area contributed by atoms with Gasteiger partial charge in [0.2, 0.25) is 0 Å². The van der Waals surface area contributed by atoms with Crippen LogP contribution in [-0.2, 0) is 7.05 Å². The summed E-state index contributed by atoms with van der Waals surface area (Å²) in [6.07, 6.45) is 1.03. The van der Waals surface area contributed by atoms with Gasteiger partial charge in [0.05, 0.1) is 5.56 Å². The highest BCUT2D eigenvalue weighted by Gasteiger charge is 2.28. The standard InChI is InChI=1S/C21H20N6O3/c1-11-5-6-14-15(7-11)12(2)29-17-8-13(10-24-19(17)23)18-16(9-22)26(3)25-20(18)30-27(4)21(14)28/h5-8,10,12H,1-4H3,(H2,23,24)/t12-/m1/s1. The topological polar surface area (TPSA) is 119 Å². The molecule has 1 aliphatic rings. The number of hydrogen-bond acceptors (Lipinski definition) is 7. The second-order valence-corrected chi connectivity index (χ2v) is 7.12. The lowest BCUT2D eigenvalue weighted by atomic mass is 9.99. The van der Waals surface area contributed by atoms with Crippen molar-refractivity contribution in [3.8, 4) is 28.8 Å². The minimum absolute atomic E-state index is 0.102. The number of carbonyl (C=O) groups excluding carboxylic acids is 1. The summed E-state index contributed by atoms with van der Waals surface area (Å²) in [4.78, 5) is 23.2. The molecule has 4 rings (SSSR count). The molecule has 9 heteroatoms. The molecule has 2 aromatic heterocycles. The predicted molar refractivity (Wildman–Crippen MR) is 109 cm³/mol. The van der Waals surface area contributed by atoms with Gasteiger partial charge in [0, 0.05) is 37.0 Å². The SMILES string of the molecule is Cc1ccc2c(c1)[C@@H](C)Oc1cc(cnc1N)-c1c(nn(C)c1C#N)ON(C)C2=O. The van der Waals surface area contributed by atoms with Crippen molar-refractivity contribution in [1.82, 2.24) is 19.8 Å². The normalized spacial score (nSPS) is 15.6. The number of hydroxylamine groups is 2. The first-order valence-electron chi connectivity index (χ1n) is 9.26. The van der Waals surface area contributed by atoms with Gasteiger partial charge in [0.25, 0.3) is 11.8 Å². The van der Waals surface area contributed by atoms with Crippen LogP contribution in [0.15, 0.2) is 30.5 Å². The van der Waals surface area contributed by atoms with E-state index in [-0.39, 0.29) is 23.3 Å². The summed E-state index contributed by atoms with van der Waals surface area (Å²) in [6, 6.07) is 9.28. The van der Waals surface area contributed by atoms with Crippen LogP contribution in [0.1, 0.15) is 40.2 Å². The molecule has 0 saturated heterocycles. The first kappa shape index (κ1) is 19.3. The van der Waals surface area contributed by atoms with Gasteiger partial charge in [0.1, 0.15) is 17.9 Å². The molecule has 1 amide bonds. The Morgan fingerprint density at radius 1 is 1.27 bits per heavy atom. The molecule has 0 aliphatic carbocycles. The average molecular weight is 404 g/mol. The zero-order valence-corrected chi connectivity index (χ0v) is 17.0. The van der Waals surface area contributed by atoms with Crippen LogP contribution in [0.4, 0.5) is 5.82 Å². The van der Waals surface area contributed by atoms with Gasteiger partial charge in [0.15, 0.2) is 11.6 Å². The molecule has 9 nitrogen and oxygen atoms in total. The summed E-state index contributed by atoms with van der Waals surface area (Å²) in [6.45, 7) is 3.77. The van der Waals surface area contributed by atoms with Gasteiger partial charge in [-0.15, -0.1) is 5.10 Å². The molecule has 0 saturated carbocycles. The van der Waals surface area contributed by atoms with E-state index < -0.39 is 6.10 Å². The largest absolute Gasteiger partial charge is 0.482 e. The van der Waals surface area contributed by atoms with Crippen LogP contribution in [0, 0.1) is 18.3 Å². The van der Waals surface area contributed by atoms with Crippen molar-refractivity contribution in [1.29, 1.82) is 5.26 Å². The van der Waals surface area contributed by atoms with E-state index in [1.165, 1.54) is 17.9 Å². The Bertz CT molecular complexity index is 1210. The average Bonchev–Trinajstić information content (AvgIpc) is 3.03. The van der Waals surface area contributed by atoms with Crippen molar-refractivity contribution in [3.05, 3.63) is 52.8 Å². The van der Waals surface area contributed by atoms with Crippen LogP contribution in [-0.4, -0.2) is 32.8 Å². The molecule has 0 unspecified atom stereocenters. The molecule has 0 fully saturated rings. The predicted octanol–water partition coefficient (Wildman–Crippen LogP) is 2.76. The molecule has 1 aromatic carbocycles. The third kappa shape index (κ3) is 3.08. The highest BCUT2D eigenvalue weighted by atomic mass is 16.7. The number of hydrogen-bond donors (Lipinski definition) is 1. The maximum Gasteiger partial charge on any atom is 0.286 e. The Morgan fingerprint density at radius 2 is 2.03 bits per heavy atom. The summed E-state index contributed by atoms with van der Waals surface area (Å²) >= 11 is 0. The Labute approximate surface area is 173 Å². The fraction of sp³-hybridized carbons (Fsp3) is 0.238. The van der Waals surface area contributed by atoms with Gasteiger partial charge in [-0.2, -0.15) is 10.3 Å². The lowest BCUT2D eigenvalue weighted by molar-refractivity contribution is -0.0173. The Morgan fingerprint density at radius 3 is 2.77 bits per heavy atom. The fourth-order valence-electron chi connectivity index (χ4n) is 3.45. The second-order valence-electron chi connectivity index (χ2n) is 7.12. The summed E-state index contributed by atoms with van der Waals surface area (Å²) < 4.78 is 7.50. The first-order valence-corrected chi connectivity index (χ1v) is 9.26. The number of aromatic nitrogens is 3. The maximum atomic E-state index is 13.2. The number of rotatable bonds is 0. The van der Waals surface area contributed by atoms with Gasteiger partial charge in [-0.25, -0.2) is 4.98 Å². The van der Waals surface area contributed by atoms with Crippen molar-refractivity contribution in [3.63, 3.8) is 0 Å². The first-order chi connectivity index (χ1) is 14.3. The van der Waals surface area contributed by atoms with E-state index in [1.54, 1.807) is 19.2 Å². The monoisotopic (exact) mass is 404 g/mol. The number of anilines is 1. The zero-order chi connectivity index (χ0) is 21.6. The van der Waals surface area contributed by atoms with Crippen LogP contribution in [0.2, 0.25) is 0 Å². The van der Waals surface area contributed by atoms with Gasteiger partial charge in [-0.05, 0) is 26.0 Å². The summed E-state index contributed by atoms with van der Waals surface area (Å²) in [5.41, 5.74) is 9.34. The molecule has 0 radical (unpaired) electrons. The quantitative estimate of drug-likeness (QED) is 0.612. The molecule has 2 bridgehead atoms. The van der Waals surface area contributed by atoms with Crippen molar-refractivity contribution in [2.75, 3.05) is 12.8 Å². The molecular weight excluding hydrogens is 384 g/mol. The van der Waals surface area contributed by atoms with Crippen LogP contribution >= 0.6 is 0 Å². The highest BCUT2D eigenvalue weighted by Crippen LogP contribution is 2.38. The van der Waals surface area contributed by atoms with Crippen LogP contribution in [0.3, 0.4) is 0 Å². The van der Waals surface area contributed by atoms with E-state index in [0.29, 0.717) is 28.0 Å². The number of nitrogens with two attached hydrogens (primary N) is 1. The lowest BCUT2D eigenvalue weighted by Gasteiger charge is -2.23. The molecule has 152 valence electrons. The van der Waals surface area contributed by atoms with Gasteiger partial charge in [-0.3, -0.25) is 9.48 Å². The number of nitrogens with zero attached hydrogens (tertiary/aromatic N) is 5. The number of amides is 1. The summed E-state index contributed by atoms with van der Waals surface area (Å²) in [5.74, 6) is 0.272. The van der Waals surface area contributed by atoms with Gasteiger partial charge in [-0.1, -0.05) is 17.7 Å². The van der Waals surface area contributed by atoms with Crippen molar-refractivity contribution < 1.29 is 14.4 Å². The molecule has 0 spiro atoms. The molecule has 3 heterocycles. The fourth-order valence-corrected chi connectivity index (χ4v) is 3.45. The van der Waals surface area contributed by atoms with Gasteiger partial charge < -0.3 is 15.3 Å². The molecular formula is C21H20N6O3. The summed E-state index contributed by atoms with van der Waals surface area (Å²) in [7, 11) is 3.12. The minimum Gasteiger partial charge on any atom is -0.482 e. The molecule has 2 N–H and O–H groups in total. The van der Waals surface area contributed by atoms with E-state index in [0.717, 1.165) is 10.6 Å². The van der Waals surface area contributed by atoms with E-state index in [2.05, 4.69) is 16.2 Å². The van der Waals surface area contributed by atoms with E-state index >= 15 is 0 Å². The second kappa shape index (κ2) is 7.08. The third-order valence-corrected chi connectivity index (χ3v) is 4.98. The minimum atomic E-state index is -0.486. The maximum absolute atomic E-state index is 13.2. The Hall–Kier alpha value is -4.06. The molecule has 1 aliphatic heterocycles. The van der Waals surface area contributed by atoms with E-state index in [4.69, 9.17) is 15.3 Å². The highest BCUT2D eigenvalue weighted by molar-refractivity contribution is 5.95. The van der Waals surface area contributed by atoms with Crippen LogP contribution < -0.4 is 15.3 Å². The number of nitrogen functional groups attached to an aromatic ring is 1. The molecule has 30 heavy (non-hydrogen) atoms. The molecule has 3 aromatic rings. The van der Waals surface area contributed by atoms with Crippen LogP contribution in [0.5, 0.6) is 11.6 Å². The number of ether oxygens (including phenoxy) is 1. The number of nitriles is 1. The smallest absolute Gasteiger partial charge is 0.286 e. The number of pyridine rings is 1. The summed E-state index contributed by atoms with van der Waals surface area (Å²) in [5, 5.41) is 15.0. The third-order valence-electron chi connectivity index (χ3n) is 4.98. The zero-order valence-electron chi connectivity index (χ0n) is 17.0. The van der Waals surface area contributed by atoms with Crippen molar-refractivity contribution >= 4 is 11.7 Å². The number of fused-ring (bicyclic) bond motifs is 5. The van der Waals surface area contributed by atoms with E-state index in [1.807, 2.05) is 26.0 Å². The van der Waals surface area contributed by atoms with E-state index in [9.17, 15) is 10.1 Å². The van der Waals surface area contributed by atoms with Crippen LogP contribution in [0.25, 0.3) is 11.1 Å². The number of carbonyl (C=O) groups is 1. The lowest BCUT2D eigenvalue weighted by Crippen LogP contribution is -2.32. The number of benzene rings is 1. The Balaban J connectivity index is 1.98.